The molecule has 80 heavy (non-hydrogen) atoms. The number of ether oxygens (including phenoxy) is 4. The predicted octanol–water partition coefficient (Wildman–Crippen LogP) is 0.538. The van der Waals surface area contributed by atoms with Crippen LogP contribution in [0, 0.1) is 49.4 Å². The van der Waals surface area contributed by atoms with Gasteiger partial charge in [-0.05, 0) is 38.1 Å². The molecule has 0 spiro atoms. The van der Waals surface area contributed by atoms with Crippen LogP contribution in [0.3, 0.4) is 0 Å². The Morgan fingerprint density at radius 3 is 0.762 bits per heavy atom. The second-order valence-corrected chi connectivity index (χ2v) is 21.7. The highest BCUT2D eigenvalue weighted by Crippen LogP contribution is 2.55. The molecule has 13 heterocycles. The zero-order chi connectivity index (χ0) is 55.3. The summed E-state index contributed by atoms with van der Waals surface area (Å²) in [5, 5.41) is 0. The van der Waals surface area contributed by atoms with Crippen LogP contribution in [-0.4, -0.2) is 241 Å². The van der Waals surface area contributed by atoms with E-state index in [1.165, 1.54) is 58.8 Å². The fraction of sp³-hybridized carbons (Fsp3) is 0.462. The first-order valence-corrected chi connectivity index (χ1v) is 25.8. The van der Waals surface area contributed by atoms with Gasteiger partial charge in [0.1, 0.15) is 89.4 Å². The van der Waals surface area contributed by atoms with Crippen molar-refractivity contribution in [2.45, 2.75) is 88.3 Å². The number of fused-ring (bicyclic) bond motifs is 2. The van der Waals surface area contributed by atoms with E-state index < -0.39 is 110 Å². The van der Waals surface area contributed by atoms with Crippen molar-refractivity contribution in [3.05, 3.63) is 46.5 Å². The van der Waals surface area contributed by atoms with E-state index >= 15 is 38.4 Å². The number of rotatable bonds is 8. The van der Waals surface area contributed by atoms with Crippen molar-refractivity contribution in [1.29, 1.82) is 0 Å². The van der Waals surface area contributed by atoms with Gasteiger partial charge in [-0.1, -0.05) is 23.7 Å². The summed E-state index contributed by atoms with van der Waals surface area (Å²) in [6.07, 6.45) is 15.7. The van der Waals surface area contributed by atoms with Crippen LogP contribution < -0.4 is 18.9 Å². The lowest BCUT2D eigenvalue weighted by Gasteiger charge is -2.42. The van der Waals surface area contributed by atoms with Crippen LogP contribution in [-0.2, 0) is 26.2 Å². The van der Waals surface area contributed by atoms with Gasteiger partial charge in [0.05, 0.1) is 26.2 Å². The molecule has 11 fully saturated rings. The van der Waals surface area contributed by atoms with E-state index in [0.717, 1.165) is 0 Å². The molecule has 28 nitrogen and oxygen atoms in total. The van der Waals surface area contributed by atoms with E-state index in [1.807, 2.05) is 0 Å². The summed E-state index contributed by atoms with van der Waals surface area (Å²) in [5.41, 5.74) is -0.582. The molecular formula is C52H48N16O12. The molecule has 0 saturated carbocycles. The number of terminal acetylenes is 4. The lowest BCUT2D eigenvalue weighted by atomic mass is 10.0. The van der Waals surface area contributed by atoms with E-state index in [9.17, 15) is 0 Å². The Balaban J connectivity index is 0.774. The molecule has 15 rings (SSSR count). The fourth-order valence-corrected chi connectivity index (χ4v) is 14.9. The molecule has 2 aromatic rings. The topological polar surface area (TPSA) is 225 Å². The van der Waals surface area contributed by atoms with Gasteiger partial charge in [-0.25, -0.2) is 38.4 Å². The van der Waals surface area contributed by atoms with Gasteiger partial charge in [-0.2, -0.15) is 0 Å². The van der Waals surface area contributed by atoms with Crippen molar-refractivity contribution in [2.24, 2.45) is 0 Å². The van der Waals surface area contributed by atoms with Crippen molar-refractivity contribution in [3.8, 4) is 72.4 Å². The summed E-state index contributed by atoms with van der Waals surface area (Å²) in [7, 11) is 0. The maximum Gasteiger partial charge on any atom is 0.326 e. The quantitative estimate of drug-likeness (QED) is 0.331. The summed E-state index contributed by atoms with van der Waals surface area (Å²) in [6.45, 7) is 0.581. The Kier molecular flexibility index (Phi) is 9.36. The molecule has 11 saturated heterocycles. The second kappa shape index (κ2) is 15.8. The third-order valence-electron chi connectivity index (χ3n) is 18.3. The van der Waals surface area contributed by atoms with E-state index in [4.69, 9.17) is 44.6 Å². The molecule has 28 heteroatoms. The van der Waals surface area contributed by atoms with Crippen molar-refractivity contribution < 1.29 is 57.3 Å². The van der Waals surface area contributed by atoms with Gasteiger partial charge in [0.2, 0.25) is 0 Å². The van der Waals surface area contributed by atoms with Crippen molar-refractivity contribution in [1.82, 2.24) is 78.4 Å². The Labute approximate surface area is 456 Å². The molecule has 0 radical (unpaired) electrons. The number of carbonyl (C=O) groups is 8. The van der Waals surface area contributed by atoms with Crippen molar-refractivity contribution in [3.63, 3.8) is 0 Å². The van der Waals surface area contributed by atoms with Crippen LogP contribution in [0.15, 0.2) is 24.3 Å². The minimum Gasteiger partial charge on any atom is -0.481 e. The third kappa shape index (κ3) is 5.49. The van der Waals surface area contributed by atoms with Gasteiger partial charge in [0.15, 0.2) is 48.3 Å². The fourth-order valence-electron chi connectivity index (χ4n) is 14.9. The number of amides is 16. The van der Waals surface area contributed by atoms with E-state index in [2.05, 4.69) is 23.7 Å². The minimum atomic E-state index is -1.38. The number of hydrogen-bond acceptors (Lipinski definition) is 12. The summed E-state index contributed by atoms with van der Waals surface area (Å²) in [6, 6.07) is 2.13. The van der Waals surface area contributed by atoms with E-state index in [1.54, 1.807) is 57.7 Å². The molecule has 13 aliphatic rings. The van der Waals surface area contributed by atoms with Crippen LogP contribution >= 0.6 is 0 Å². The first-order valence-electron chi connectivity index (χ1n) is 25.8. The second-order valence-electron chi connectivity index (χ2n) is 21.7. The number of benzene rings is 2. The standard InChI is InChI=1S/C52H48N16O12/c1-7-15-77-33-11-12-34(78-16-8-2)30-20-66-48(74)62-26-58-39-37-53(43(69)57(39)25-61-41(62)51(66,5)65(47(61)73)19-29(30)33)23-55-38-40-59(45(55)71)27-63-42-52(6)67(49(63)75)21-31-32(36(80-18-10-4)14-13-35(31)79-17-9-3)22-68(52)50(76)64(42)28-60(40)46(72)56(38)24-54(37)44(58)70/h1-4,11-14,37-42H,15-28H2,5-6H3. The first-order chi connectivity index (χ1) is 38.6. The van der Waals surface area contributed by atoms with Gasteiger partial charge in [0.25, 0.3) is 0 Å². The summed E-state index contributed by atoms with van der Waals surface area (Å²) >= 11 is 0. The van der Waals surface area contributed by atoms with Gasteiger partial charge >= 0.3 is 48.2 Å². The molecule has 0 unspecified atom stereocenters. The zero-order valence-corrected chi connectivity index (χ0v) is 43.0. The van der Waals surface area contributed by atoms with Gasteiger partial charge in [0, 0.05) is 22.3 Å². The van der Waals surface area contributed by atoms with Crippen LogP contribution in [0.4, 0.5) is 38.4 Å². The van der Waals surface area contributed by atoms with Crippen LogP contribution in [0.2, 0.25) is 0 Å². The highest BCUT2D eigenvalue weighted by molar-refractivity contribution is 5.93. The lowest BCUT2D eigenvalue weighted by Crippen LogP contribution is -2.63. The smallest absolute Gasteiger partial charge is 0.326 e. The van der Waals surface area contributed by atoms with E-state index in [0.29, 0.717) is 45.3 Å². The first kappa shape index (κ1) is 47.3. The molecular weight excluding hydrogens is 1040 g/mol. The molecule has 0 N–H and O–H groups in total. The highest BCUT2D eigenvalue weighted by atomic mass is 16.5. The summed E-state index contributed by atoms with van der Waals surface area (Å²) in [5.74, 6) is 11.4. The Bertz CT molecular complexity index is 3050. The molecule has 408 valence electrons. The number of carbonyl (C=O) groups excluding carboxylic acids is 8. The molecule has 0 aliphatic carbocycles. The van der Waals surface area contributed by atoms with Crippen molar-refractivity contribution in [2.75, 3.05) is 66.4 Å². The molecule has 0 bridgehead atoms. The summed E-state index contributed by atoms with van der Waals surface area (Å²) in [4.78, 5) is 145. The third-order valence-corrected chi connectivity index (χ3v) is 18.3. The Morgan fingerprint density at radius 2 is 0.562 bits per heavy atom. The maximum absolute atomic E-state index is 15.3. The Hall–Kier alpha value is -9.96. The van der Waals surface area contributed by atoms with Crippen molar-refractivity contribution >= 4 is 48.2 Å². The van der Waals surface area contributed by atoms with Crippen LogP contribution in [0.25, 0.3) is 0 Å². The largest absolute Gasteiger partial charge is 0.481 e. The molecule has 0 aromatic heterocycles. The SMILES string of the molecule is C#CCOc1ccc(OCC#C)c2c1CN1C(=O)N3CN4C(=O)N5CN6C(=O)N7CN8C(=O)N9Cc%10c(OCC#C)ccc(OCC#C)c%10CN%10C(=O)N(CN%11C(=O)N(CN%12C(=O)N(CN%13C(=O)N(C2)C1(C)C3%13)C4C5%12)C6C7%11)C8C9%10C. The molecule has 2 aromatic carbocycles. The highest BCUT2D eigenvalue weighted by Gasteiger charge is 2.75. The van der Waals surface area contributed by atoms with Gasteiger partial charge in [-0.15, -0.1) is 25.7 Å². The molecule has 16 amide bonds. The Morgan fingerprint density at radius 1 is 0.362 bits per heavy atom. The van der Waals surface area contributed by atoms with Gasteiger partial charge < -0.3 is 18.9 Å². The monoisotopic (exact) mass is 1090 g/mol. The number of nitrogens with zero attached hydrogens (tertiary/aromatic N) is 16. The maximum atomic E-state index is 15.3. The molecule has 13 aliphatic heterocycles. The summed E-state index contributed by atoms with van der Waals surface area (Å²) < 4.78 is 23.9. The number of urea groups is 8. The average Bonchev–Trinajstić information content (AvgIpc) is 4.31. The van der Waals surface area contributed by atoms with Gasteiger partial charge in [-0.3, -0.25) is 78.4 Å². The minimum absolute atomic E-state index is 0.0613. The lowest BCUT2D eigenvalue weighted by molar-refractivity contribution is -0.0289. The average molecular weight is 1090 g/mol. The number of hydrogen-bond donors (Lipinski definition) is 0. The normalized spacial score (nSPS) is 30.4. The zero-order valence-electron chi connectivity index (χ0n) is 43.0. The van der Waals surface area contributed by atoms with E-state index in [-0.39, 0.29) is 79.3 Å². The van der Waals surface area contributed by atoms with Crippen LogP contribution in [0.1, 0.15) is 36.1 Å². The predicted molar refractivity (Wildman–Crippen MR) is 266 cm³/mol. The van der Waals surface area contributed by atoms with Crippen LogP contribution in [0.5, 0.6) is 23.0 Å². The molecule has 0 atom stereocenters.